The minimum atomic E-state index is -0.309. The summed E-state index contributed by atoms with van der Waals surface area (Å²) in [5, 5.41) is 5.86. The fraction of sp³-hybridized carbons (Fsp3) is 0.182. The molecule has 0 atom stereocenters. The molecule has 9 heteroatoms. The molecule has 0 fully saturated rings. The molecular formula is C22H25IN4O4. The van der Waals surface area contributed by atoms with Crippen LogP contribution >= 0.6 is 24.0 Å². The summed E-state index contributed by atoms with van der Waals surface area (Å²) in [6.45, 7) is 0.865. The van der Waals surface area contributed by atoms with Gasteiger partial charge in [-0.15, -0.1) is 24.0 Å². The number of ether oxygens (including phenoxy) is 2. The summed E-state index contributed by atoms with van der Waals surface area (Å²) in [4.78, 5) is 16.4. The Morgan fingerprint density at radius 2 is 1.84 bits per heavy atom. The number of guanidine groups is 1. The fourth-order valence-electron chi connectivity index (χ4n) is 2.76. The molecule has 0 radical (unpaired) electrons. The number of carbonyl (C=O) groups excluding carboxylic acids is 1. The van der Waals surface area contributed by atoms with Gasteiger partial charge in [0.2, 0.25) is 0 Å². The molecule has 1 amide bonds. The van der Waals surface area contributed by atoms with E-state index in [0.717, 1.165) is 11.1 Å². The summed E-state index contributed by atoms with van der Waals surface area (Å²) in [7, 11) is 3.19. The zero-order chi connectivity index (χ0) is 21.3. The van der Waals surface area contributed by atoms with Gasteiger partial charge in [0.05, 0.1) is 27.0 Å². The Morgan fingerprint density at radius 3 is 2.55 bits per heavy atom. The summed E-state index contributed by atoms with van der Waals surface area (Å²) >= 11 is 0. The third kappa shape index (κ3) is 6.92. The Kier molecular flexibility index (Phi) is 9.19. The molecule has 1 heterocycles. The average molecular weight is 536 g/mol. The van der Waals surface area contributed by atoms with Gasteiger partial charge in [-0.1, -0.05) is 18.2 Å². The Labute approximate surface area is 197 Å². The van der Waals surface area contributed by atoms with Gasteiger partial charge in [0, 0.05) is 12.2 Å². The number of nitrogens with two attached hydrogens (primary N) is 1. The summed E-state index contributed by atoms with van der Waals surface area (Å²) in [6.07, 6.45) is 1.46. The molecule has 4 N–H and O–H groups in total. The van der Waals surface area contributed by atoms with Crippen LogP contribution in [0.3, 0.4) is 0 Å². The van der Waals surface area contributed by atoms with Gasteiger partial charge in [-0.25, -0.2) is 4.99 Å². The number of aliphatic imine (C=N–C) groups is 1. The van der Waals surface area contributed by atoms with Crippen LogP contribution in [0.5, 0.6) is 11.5 Å². The van der Waals surface area contributed by atoms with Crippen LogP contribution in [0.25, 0.3) is 0 Å². The molecule has 2 aromatic carbocycles. The number of benzene rings is 2. The highest BCUT2D eigenvalue weighted by atomic mass is 127. The Morgan fingerprint density at radius 1 is 1.03 bits per heavy atom. The molecule has 0 aliphatic heterocycles. The molecule has 0 saturated carbocycles. The topological polar surface area (TPSA) is 111 Å². The summed E-state index contributed by atoms with van der Waals surface area (Å²) < 4.78 is 15.6. The number of nitrogens with zero attached hydrogens (tertiary/aromatic N) is 1. The van der Waals surface area contributed by atoms with Crippen molar-refractivity contribution in [2.75, 3.05) is 19.5 Å². The van der Waals surface area contributed by atoms with Gasteiger partial charge >= 0.3 is 0 Å². The van der Waals surface area contributed by atoms with Crippen LogP contribution in [0.15, 0.2) is 70.3 Å². The lowest BCUT2D eigenvalue weighted by atomic mass is 10.2. The first-order valence-electron chi connectivity index (χ1n) is 9.27. The quantitative estimate of drug-likeness (QED) is 0.230. The maximum atomic E-state index is 12.1. The molecule has 8 nitrogen and oxygen atoms in total. The molecule has 0 spiro atoms. The monoisotopic (exact) mass is 536 g/mol. The first-order chi connectivity index (χ1) is 14.6. The van der Waals surface area contributed by atoms with E-state index in [9.17, 15) is 4.79 Å². The number of hydrogen-bond donors (Lipinski definition) is 3. The minimum absolute atomic E-state index is 0. The summed E-state index contributed by atoms with van der Waals surface area (Å²) in [5.41, 5.74) is 8.52. The smallest absolute Gasteiger partial charge is 0.291 e. The van der Waals surface area contributed by atoms with Crippen LogP contribution in [0.2, 0.25) is 0 Å². The SMILES string of the molecule is COc1ccc(CNC(N)=NCc2cccc(NC(=O)c3ccco3)c2)cc1OC.I. The van der Waals surface area contributed by atoms with Gasteiger partial charge in [0.1, 0.15) is 0 Å². The van der Waals surface area contributed by atoms with E-state index in [2.05, 4.69) is 15.6 Å². The van der Waals surface area contributed by atoms with Gasteiger partial charge in [-0.2, -0.15) is 0 Å². The second kappa shape index (κ2) is 11.8. The van der Waals surface area contributed by atoms with E-state index in [1.54, 1.807) is 32.4 Å². The van der Waals surface area contributed by atoms with Gasteiger partial charge in [0.25, 0.3) is 5.91 Å². The highest BCUT2D eigenvalue weighted by molar-refractivity contribution is 14.0. The van der Waals surface area contributed by atoms with Crippen molar-refractivity contribution in [3.8, 4) is 11.5 Å². The number of methoxy groups -OCH3 is 2. The molecule has 1 aromatic heterocycles. The molecule has 3 aromatic rings. The van der Waals surface area contributed by atoms with Crippen LogP contribution in [0.1, 0.15) is 21.7 Å². The zero-order valence-electron chi connectivity index (χ0n) is 17.3. The van der Waals surface area contributed by atoms with Crippen molar-refractivity contribution >= 4 is 41.5 Å². The van der Waals surface area contributed by atoms with E-state index < -0.39 is 0 Å². The third-order valence-electron chi connectivity index (χ3n) is 4.28. The van der Waals surface area contributed by atoms with Crippen molar-refractivity contribution in [3.63, 3.8) is 0 Å². The van der Waals surface area contributed by atoms with Crippen molar-refractivity contribution in [2.45, 2.75) is 13.1 Å². The molecule has 0 aliphatic rings. The second-order valence-electron chi connectivity index (χ2n) is 6.38. The van der Waals surface area contributed by atoms with Crippen LogP contribution in [0.4, 0.5) is 5.69 Å². The highest BCUT2D eigenvalue weighted by Crippen LogP contribution is 2.27. The molecular weight excluding hydrogens is 511 g/mol. The van der Waals surface area contributed by atoms with Crippen LogP contribution in [-0.2, 0) is 13.1 Å². The minimum Gasteiger partial charge on any atom is -0.493 e. The lowest BCUT2D eigenvalue weighted by molar-refractivity contribution is 0.0996. The lowest BCUT2D eigenvalue weighted by Crippen LogP contribution is -2.31. The van der Waals surface area contributed by atoms with Crippen molar-refractivity contribution in [1.82, 2.24) is 5.32 Å². The van der Waals surface area contributed by atoms with Crippen molar-refractivity contribution in [2.24, 2.45) is 10.7 Å². The van der Waals surface area contributed by atoms with E-state index >= 15 is 0 Å². The van der Waals surface area contributed by atoms with Gasteiger partial charge in [-0.3, -0.25) is 4.79 Å². The zero-order valence-corrected chi connectivity index (χ0v) is 19.6. The van der Waals surface area contributed by atoms with Crippen LogP contribution < -0.4 is 25.8 Å². The molecule has 0 saturated heterocycles. The Hall–Kier alpha value is -3.21. The summed E-state index contributed by atoms with van der Waals surface area (Å²) in [5.74, 6) is 1.58. The molecule has 0 unspecified atom stereocenters. The molecule has 31 heavy (non-hydrogen) atoms. The molecule has 0 aliphatic carbocycles. The van der Waals surface area contributed by atoms with Crippen molar-refractivity contribution in [1.29, 1.82) is 0 Å². The molecule has 164 valence electrons. The molecule has 0 bridgehead atoms. The molecule has 3 rings (SSSR count). The fourth-order valence-corrected chi connectivity index (χ4v) is 2.76. The number of rotatable bonds is 8. The van der Waals surface area contributed by atoms with Gasteiger partial charge in [0.15, 0.2) is 23.2 Å². The van der Waals surface area contributed by atoms with Crippen LogP contribution in [-0.4, -0.2) is 26.1 Å². The number of amides is 1. The Balaban J connectivity index is 0.00000341. The number of nitrogens with one attached hydrogen (secondary N) is 2. The maximum Gasteiger partial charge on any atom is 0.291 e. The standard InChI is InChI=1S/C22H24N4O4.HI/c1-28-18-9-8-16(12-20(18)29-2)14-25-22(23)24-13-15-5-3-6-17(11-15)26-21(27)19-7-4-10-30-19;/h3-12H,13-14H2,1-2H3,(H,26,27)(H3,23,24,25);1H. The van der Waals surface area contributed by atoms with E-state index in [0.29, 0.717) is 36.2 Å². The maximum absolute atomic E-state index is 12.1. The number of hydrogen-bond acceptors (Lipinski definition) is 5. The normalized spacial score (nSPS) is 10.7. The predicted octanol–water partition coefficient (Wildman–Crippen LogP) is 3.77. The summed E-state index contributed by atoms with van der Waals surface area (Å²) in [6, 6.07) is 16.3. The average Bonchev–Trinajstić information content (AvgIpc) is 3.31. The largest absolute Gasteiger partial charge is 0.493 e. The van der Waals surface area contributed by atoms with Crippen molar-refractivity contribution in [3.05, 3.63) is 77.7 Å². The number of furan rings is 1. The second-order valence-corrected chi connectivity index (χ2v) is 6.38. The number of carbonyl (C=O) groups is 1. The first kappa shape index (κ1) is 24.1. The van der Waals surface area contributed by atoms with Gasteiger partial charge in [-0.05, 0) is 47.5 Å². The highest BCUT2D eigenvalue weighted by Gasteiger charge is 2.09. The first-order valence-corrected chi connectivity index (χ1v) is 9.27. The Bertz CT molecular complexity index is 1020. The predicted molar refractivity (Wildman–Crippen MR) is 130 cm³/mol. The number of anilines is 1. The van der Waals surface area contributed by atoms with Crippen molar-refractivity contribution < 1.29 is 18.7 Å². The van der Waals surface area contributed by atoms with E-state index in [-0.39, 0.29) is 35.6 Å². The van der Waals surface area contributed by atoms with E-state index in [1.165, 1.54) is 6.26 Å². The van der Waals surface area contributed by atoms with Crippen LogP contribution in [0, 0.1) is 0 Å². The third-order valence-corrected chi connectivity index (χ3v) is 4.28. The lowest BCUT2D eigenvalue weighted by Gasteiger charge is -2.11. The van der Waals surface area contributed by atoms with E-state index in [1.807, 2.05) is 36.4 Å². The number of halogens is 1. The van der Waals surface area contributed by atoms with Gasteiger partial charge < -0.3 is 30.3 Å². The van der Waals surface area contributed by atoms with E-state index in [4.69, 9.17) is 19.6 Å².